The third-order valence-electron chi connectivity index (χ3n) is 4.69. The zero-order valence-electron chi connectivity index (χ0n) is 16.1. The van der Waals surface area contributed by atoms with Crippen molar-refractivity contribution >= 4 is 23.6 Å². The van der Waals surface area contributed by atoms with E-state index in [9.17, 15) is 14.4 Å². The number of hydrogen-bond acceptors (Lipinski definition) is 7. The van der Waals surface area contributed by atoms with Crippen molar-refractivity contribution in [2.45, 2.75) is 26.7 Å². The third kappa shape index (κ3) is 3.46. The molecule has 9 heteroatoms. The Kier molecular flexibility index (Phi) is 4.79. The van der Waals surface area contributed by atoms with Crippen molar-refractivity contribution in [3.05, 3.63) is 58.7 Å². The predicted octanol–water partition coefficient (Wildman–Crippen LogP) is 1.97. The molecule has 2 amide bonds. The molecular formula is C20H19N5O4. The second-order valence-corrected chi connectivity index (χ2v) is 6.84. The number of imide groups is 1. The molecule has 3 heterocycles. The van der Waals surface area contributed by atoms with E-state index >= 15 is 0 Å². The van der Waals surface area contributed by atoms with Crippen LogP contribution in [0.4, 0.5) is 0 Å². The fourth-order valence-corrected chi connectivity index (χ4v) is 3.30. The lowest BCUT2D eigenvalue weighted by Gasteiger charge is -2.13. The SMILES string of the molecule is Cc1cc(C)n2nc(C(=O)OCCCCN3C(=O)c4ccccc4C3=O)nc2n1. The molecule has 0 saturated carbocycles. The molecule has 0 spiro atoms. The fourth-order valence-electron chi connectivity index (χ4n) is 3.30. The number of fused-ring (bicyclic) bond motifs is 2. The van der Waals surface area contributed by atoms with E-state index in [-0.39, 0.29) is 30.8 Å². The summed E-state index contributed by atoms with van der Waals surface area (Å²) in [6, 6.07) is 8.61. The highest BCUT2D eigenvalue weighted by Gasteiger charge is 2.34. The highest BCUT2D eigenvalue weighted by atomic mass is 16.5. The highest BCUT2D eigenvalue weighted by Crippen LogP contribution is 2.22. The Hall–Kier alpha value is -3.62. The molecule has 0 atom stereocenters. The number of benzene rings is 1. The van der Waals surface area contributed by atoms with Gasteiger partial charge in [0.1, 0.15) is 0 Å². The first-order chi connectivity index (χ1) is 14.0. The van der Waals surface area contributed by atoms with Crippen molar-refractivity contribution in [1.82, 2.24) is 24.5 Å². The topological polar surface area (TPSA) is 107 Å². The van der Waals surface area contributed by atoms with E-state index in [4.69, 9.17) is 4.74 Å². The first-order valence-electron chi connectivity index (χ1n) is 9.29. The Labute approximate surface area is 166 Å². The van der Waals surface area contributed by atoms with Gasteiger partial charge in [-0.2, -0.15) is 4.98 Å². The van der Waals surface area contributed by atoms with Gasteiger partial charge in [-0.15, -0.1) is 5.10 Å². The zero-order chi connectivity index (χ0) is 20.5. The minimum atomic E-state index is -0.631. The quantitative estimate of drug-likeness (QED) is 0.358. The third-order valence-corrected chi connectivity index (χ3v) is 4.69. The van der Waals surface area contributed by atoms with Gasteiger partial charge in [-0.3, -0.25) is 14.5 Å². The fraction of sp³-hybridized carbons (Fsp3) is 0.300. The van der Waals surface area contributed by atoms with Gasteiger partial charge in [-0.25, -0.2) is 14.3 Å². The number of hydrogen-bond donors (Lipinski definition) is 0. The van der Waals surface area contributed by atoms with Gasteiger partial charge in [-0.1, -0.05) is 12.1 Å². The van der Waals surface area contributed by atoms with Gasteiger partial charge in [0, 0.05) is 17.9 Å². The second kappa shape index (κ2) is 7.42. The van der Waals surface area contributed by atoms with Crippen LogP contribution in [0, 0.1) is 13.8 Å². The number of carbonyl (C=O) groups is 3. The van der Waals surface area contributed by atoms with Crippen LogP contribution in [0.5, 0.6) is 0 Å². The van der Waals surface area contributed by atoms with E-state index in [2.05, 4.69) is 15.1 Å². The number of aromatic nitrogens is 4. The monoisotopic (exact) mass is 393 g/mol. The van der Waals surface area contributed by atoms with E-state index in [0.717, 1.165) is 11.4 Å². The molecule has 0 fully saturated rings. The smallest absolute Gasteiger partial charge is 0.378 e. The van der Waals surface area contributed by atoms with Crippen molar-refractivity contribution in [2.24, 2.45) is 0 Å². The first-order valence-corrected chi connectivity index (χ1v) is 9.29. The molecule has 1 aliphatic rings. The van der Waals surface area contributed by atoms with E-state index < -0.39 is 5.97 Å². The molecule has 1 aromatic carbocycles. The van der Waals surface area contributed by atoms with Crippen molar-refractivity contribution < 1.29 is 19.1 Å². The minimum absolute atomic E-state index is 0.0495. The van der Waals surface area contributed by atoms with Crippen LogP contribution < -0.4 is 0 Å². The van der Waals surface area contributed by atoms with Crippen molar-refractivity contribution in [2.75, 3.05) is 13.2 Å². The van der Waals surface area contributed by atoms with Crippen LogP contribution in [0.25, 0.3) is 5.78 Å². The summed E-state index contributed by atoms with van der Waals surface area (Å²) in [7, 11) is 0. The first kappa shape index (κ1) is 18.7. The van der Waals surface area contributed by atoms with Gasteiger partial charge >= 0.3 is 5.97 Å². The Morgan fingerprint density at radius 1 is 1.03 bits per heavy atom. The number of esters is 1. The normalized spacial score (nSPS) is 13.2. The van der Waals surface area contributed by atoms with Crippen LogP contribution in [-0.2, 0) is 4.74 Å². The summed E-state index contributed by atoms with van der Waals surface area (Å²) in [5, 5.41) is 4.13. The number of unbranched alkanes of at least 4 members (excludes halogenated alkanes) is 1. The van der Waals surface area contributed by atoms with Gasteiger partial charge in [0.2, 0.25) is 0 Å². The summed E-state index contributed by atoms with van der Waals surface area (Å²) in [6.07, 6.45) is 1.03. The number of amides is 2. The average molecular weight is 393 g/mol. The summed E-state index contributed by atoms with van der Waals surface area (Å²) in [5.41, 5.74) is 2.47. The number of ether oxygens (including phenoxy) is 1. The van der Waals surface area contributed by atoms with E-state index in [1.807, 2.05) is 19.9 Å². The summed E-state index contributed by atoms with van der Waals surface area (Å²) < 4.78 is 6.71. The minimum Gasteiger partial charge on any atom is -0.460 e. The number of carbonyl (C=O) groups excluding carboxylic acids is 3. The van der Waals surface area contributed by atoms with Crippen LogP contribution >= 0.6 is 0 Å². The van der Waals surface area contributed by atoms with E-state index in [0.29, 0.717) is 29.7 Å². The lowest BCUT2D eigenvalue weighted by molar-refractivity contribution is 0.0472. The summed E-state index contributed by atoms with van der Waals surface area (Å²) in [6.45, 7) is 4.11. The maximum Gasteiger partial charge on any atom is 0.378 e. The maximum absolute atomic E-state index is 12.3. The van der Waals surface area contributed by atoms with Gasteiger partial charge in [0.25, 0.3) is 23.4 Å². The lowest BCUT2D eigenvalue weighted by atomic mass is 10.1. The molecule has 3 aromatic rings. The standard InChI is InChI=1S/C20H19N5O4/c1-12-11-13(2)25-20(21-12)22-16(23-25)19(28)29-10-6-5-9-24-17(26)14-7-3-4-8-15(14)18(24)27/h3-4,7-8,11H,5-6,9-10H2,1-2H3. The molecule has 148 valence electrons. The van der Waals surface area contributed by atoms with Gasteiger partial charge in [0.05, 0.1) is 17.7 Å². The number of nitrogens with zero attached hydrogens (tertiary/aromatic N) is 5. The van der Waals surface area contributed by atoms with E-state index in [1.165, 1.54) is 9.42 Å². The van der Waals surface area contributed by atoms with Crippen molar-refractivity contribution in [3.63, 3.8) is 0 Å². The molecule has 2 aromatic heterocycles. The molecule has 29 heavy (non-hydrogen) atoms. The van der Waals surface area contributed by atoms with Gasteiger partial charge in [0.15, 0.2) is 0 Å². The molecule has 0 bridgehead atoms. The molecule has 0 aliphatic carbocycles. The van der Waals surface area contributed by atoms with Gasteiger partial charge in [-0.05, 0) is 44.9 Å². The Bertz CT molecular complexity index is 1100. The molecule has 1 aliphatic heterocycles. The number of rotatable bonds is 6. The molecule has 0 saturated heterocycles. The van der Waals surface area contributed by atoms with Crippen LogP contribution in [0.1, 0.15) is 55.6 Å². The van der Waals surface area contributed by atoms with Crippen LogP contribution in [-0.4, -0.2) is 55.4 Å². The maximum atomic E-state index is 12.3. The van der Waals surface area contributed by atoms with Gasteiger partial charge < -0.3 is 4.74 Å². The summed E-state index contributed by atoms with van der Waals surface area (Å²) >= 11 is 0. The van der Waals surface area contributed by atoms with Crippen LogP contribution in [0.15, 0.2) is 30.3 Å². The van der Waals surface area contributed by atoms with E-state index in [1.54, 1.807) is 24.3 Å². The molecular weight excluding hydrogens is 374 g/mol. The molecule has 0 N–H and O–H groups in total. The highest BCUT2D eigenvalue weighted by molar-refractivity contribution is 6.21. The summed E-state index contributed by atoms with van der Waals surface area (Å²) in [5.74, 6) is -0.899. The number of aryl methyl sites for hydroxylation is 2. The summed E-state index contributed by atoms with van der Waals surface area (Å²) in [4.78, 5) is 46.3. The Balaban J connectivity index is 1.28. The van der Waals surface area contributed by atoms with Crippen LogP contribution in [0.3, 0.4) is 0 Å². The average Bonchev–Trinajstić information content (AvgIpc) is 3.23. The second-order valence-electron chi connectivity index (χ2n) is 6.84. The van der Waals surface area contributed by atoms with Crippen molar-refractivity contribution in [1.29, 1.82) is 0 Å². The molecule has 9 nitrogen and oxygen atoms in total. The Morgan fingerprint density at radius 3 is 2.41 bits per heavy atom. The molecule has 4 rings (SSSR count). The molecule has 0 unspecified atom stereocenters. The molecule has 0 radical (unpaired) electrons. The lowest BCUT2D eigenvalue weighted by Crippen LogP contribution is -2.30. The Morgan fingerprint density at radius 2 is 1.72 bits per heavy atom. The predicted molar refractivity (Wildman–Crippen MR) is 102 cm³/mol. The zero-order valence-corrected chi connectivity index (χ0v) is 16.1. The van der Waals surface area contributed by atoms with Crippen molar-refractivity contribution in [3.8, 4) is 0 Å². The largest absolute Gasteiger partial charge is 0.460 e. The van der Waals surface area contributed by atoms with Crippen LogP contribution in [0.2, 0.25) is 0 Å².